The van der Waals surface area contributed by atoms with Crippen molar-refractivity contribution in [2.45, 2.75) is 13.2 Å². The maximum absolute atomic E-state index is 11.7. The van der Waals surface area contributed by atoms with Crippen LogP contribution in [0, 0.1) is 0 Å². The molecular weight excluding hydrogens is 258 g/mol. The maximum atomic E-state index is 11.7. The molecule has 0 aliphatic rings. The van der Waals surface area contributed by atoms with Gasteiger partial charge in [-0.05, 0) is 11.6 Å². The molecule has 0 heterocycles. The monoisotopic (exact) mass is 273 g/mol. The lowest BCUT2D eigenvalue weighted by Crippen LogP contribution is -2.15. The highest BCUT2D eigenvalue weighted by molar-refractivity contribution is 5.87. The first-order chi connectivity index (χ1) is 9.70. The van der Waals surface area contributed by atoms with E-state index in [0.717, 1.165) is 5.56 Å². The summed E-state index contributed by atoms with van der Waals surface area (Å²) >= 11 is 0. The van der Waals surface area contributed by atoms with Gasteiger partial charge in [-0.25, -0.2) is 4.79 Å². The number of para-hydroxylation sites is 1. The van der Waals surface area contributed by atoms with Crippen LogP contribution >= 0.6 is 0 Å². The van der Waals surface area contributed by atoms with Gasteiger partial charge in [-0.2, -0.15) is 0 Å². The summed E-state index contributed by atoms with van der Waals surface area (Å²) in [6, 6.07) is 13.9. The summed E-state index contributed by atoms with van der Waals surface area (Å²) in [5.41, 5.74) is 1.44. The molecule has 2 aromatic rings. The van der Waals surface area contributed by atoms with Gasteiger partial charge in [0, 0.05) is 5.56 Å². The second-order valence-corrected chi connectivity index (χ2v) is 4.16. The van der Waals surface area contributed by atoms with Gasteiger partial charge >= 0.3 is 6.09 Å². The third kappa shape index (κ3) is 3.49. The largest absolute Gasteiger partial charge is 0.506 e. The van der Waals surface area contributed by atoms with Crippen molar-refractivity contribution in [1.29, 1.82) is 0 Å². The van der Waals surface area contributed by atoms with E-state index in [9.17, 15) is 9.90 Å². The van der Waals surface area contributed by atoms with E-state index < -0.39 is 6.09 Å². The van der Waals surface area contributed by atoms with Crippen LogP contribution in [-0.4, -0.2) is 16.3 Å². The Morgan fingerprint density at radius 3 is 2.55 bits per heavy atom. The predicted molar refractivity (Wildman–Crippen MR) is 74.3 cm³/mol. The summed E-state index contributed by atoms with van der Waals surface area (Å²) in [5, 5.41) is 21.3. The standard InChI is InChI=1S/C15H15NO4/c17-9-12-7-4-8-13(18)14(12)16-15(19)20-10-11-5-2-1-3-6-11/h1-8,17-18H,9-10H2,(H,16,19). The number of phenolic OH excluding ortho intramolecular Hbond substituents is 1. The Labute approximate surface area is 116 Å². The molecule has 0 saturated carbocycles. The molecule has 0 fully saturated rings. The van der Waals surface area contributed by atoms with E-state index in [1.165, 1.54) is 6.07 Å². The number of carbonyl (C=O) groups is 1. The van der Waals surface area contributed by atoms with Crippen LogP contribution in [0.2, 0.25) is 0 Å². The Hall–Kier alpha value is -2.53. The maximum Gasteiger partial charge on any atom is 0.412 e. The Bertz CT molecular complexity index is 584. The molecule has 104 valence electrons. The Morgan fingerprint density at radius 2 is 1.85 bits per heavy atom. The van der Waals surface area contributed by atoms with Gasteiger partial charge in [-0.1, -0.05) is 42.5 Å². The highest BCUT2D eigenvalue weighted by Gasteiger charge is 2.11. The number of hydrogen-bond donors (Lipinski definition) is 3. The van der Waals surface area contributed by atoms with Crippen LogP contribution in [0.4, 0.5) is 10.5 Å². The number of phenols is 1. The first-order valence-corrected chi connectivity index (χ1v) is 6.10. The van der Waals surface area contributed by atoms with Crippen LogP contribution in [0.15, 0.2) is 48.5 Å². The van der Waals surface area contributed by atoms with Crippen molar-refractivity contribution >= 4 is 11.8 Å². The average molecular weight is 273 g/mol. The fourth-order valence-electron chi connectivity index (χ4n) is 1.72. The highest BCUT2D eigenvalue weighted by atomic mass is 16.5. The molecule has 1 amide bonds. The zero-order valence-electron chi connectivity index (χ0n) is 10.7. The molecule has 3 N–H and O–H groups in total. The van der Waals surface area contributed by atoms with Gasteiger partial charge in [-0.3, -0.25) is 5.32 Å². The minimum Gasteiger partial charge on any atom is -0.506 e. The summed E-state index contributed by atoms with van der Waals surface area (Å²) in [7, 11) is 0. The number of amides is 1. The number of anilines is 1. The molecule has 5 heteroatoms. The lowest BCUT2D eigenvalue weighted by Gasteiger charge is -2.11. The molecule has 0 unspecified atom stereocenters. The van der Waals surface area contributed by atoms with E-state index in [0.29, 0.717) is 5.56 Å². The molecule has 0 bridgehead atoms. The molecule has 2 aromatic carbocycles. The topological polar surface area (TPSA) is 78.8 Å². The minimum atomic E-state index is -0.690. The highest BCUT2D eigenvalue weighted by Crippen LogP contribution is 2.27. The average Bonchev–Trinajstić information content (AvgIpc) is 2.48. The molecule has 2 rings (SSSR count). The number of aliphatic hydroxyl groups is 1. The van der Waals surface area contributed by atoms with Crippen molar-refractivity contribution in [2.24, 2.45) is 0 Å². The van der Waals surface area contributed by atoms with Crippen molar-refractivity contribution in [1.82, 2.24) is 0 Å². The zero-order chi connectivity index (χ0) is 14.4. The van der Waals surface area contributed by atoms with Gasteiger partial charge in [0.25, 0.3) is 0 Å². The third-order valence-corrected chi connectivity index (χ3v) is 2.74. The molecule has 0 aliphatic carbocycles. The fraction of sp³-hybridized carbons (Fsp3) is 0.133. The van der Waals surface area contributed by atoms with Crippen LogP contribution in [0.3, 0.4) is 0 Å². The fourth-order valence-corrected chi connectivity index (χ4v) is 1.72. The van der Waals surface area contributed by atoms with Gasteiger partial charge in [0.15, 0.2) is 0 Å². The van der Waals surface area contributed by atoms with Crippen LogP contribution in [-0.2, 0) is 18.0 Å². The molecule has 0 aliphatic heterocycles. The molecule has 0 aromatic heterocycles. The van der Waals surface area contributed by atoms with Gasteiger partial charge in [-0.15, -0.1) is 0 Å². The van der Waals surface area contributed by atoms with Crippen molar-refractivity contribution in [2.75, 3.05) is 5.32 Å². The predicted octanol–water partition coefficient (Wildman–Crippen LogP) is 2.63. The van der Waals surface area contributed by atoms with Crippen LogP contribution in [0.25, 0.3) is 0 Å². The summed E-state index contributed by atoms with van der Waals surface area (Å²) < 4.78 is 5.04. The number of aliphatic hydroxyl groups excluding tert-OH is 1. The summed E-state index contributed by atoms with van der Waals surface area (Å²) in [6.45, 7) is -0.155. The molecule has 0 spiro atoms. The van der Waals surface area contributed by atoms with E-state index in [4.69, 9.17) is 9.84 Å². The van der Waals surface area contributed by atoms with Crippen LogP contribution < -0.4 is 5.32 Å². The van der Waals surface area contributed by atoms with Crippen molar-refractivity contribution in [3.05, 3.63) is 59.7 Å². The Balaban J connectivity index is 1.98. The van der Waals surface area contributed by atoms with Crippen molar-refractivity contribution < 1.29 is 19.7 Å². The molecule has 0 saturated heterocycles. The third-order valence-electron chi connectivity index (χ3n) is 2.74. The van der Waals surface area contributed by atoms with E-state index in [-0.39, 0.29) is 24.7 Å². The number of ether oxygens (including phenoxy) is 1. The smallest absolute Gasteiger partial charge is 0.412 e. The number of aromatic hydroxyl groups is 1. The number of carbonyl (C=O) groups excluding carboxylic acids is 1. The number of nitrogens with one attached hydrogen (secondary N) is 1. The SMILES string of the molecule is O=C(Nc1c(O)cccc1CO)OCc1ccccc1. The van der Waals surface area contributed by atoms with Gasteiger partial charge < -0.3 is 14.9 Å². The quantitative estimate of drug-likeness (QED) is 0.748. The minimum absolute atomic E-state index is 0.117. The second-order valence-electron chi connectivity index (χ2n) is 4.16. The molecule has 20 heavy (non-hydrogen) atoms. The number of rotatable bonds is 4. The van der Waals surface area contributed by atoms with Gasteiger partial charge in [0.2, 0.25) is 0 Å². The van der Waals surface area contributed by atoms with Gasteiger partial charge in [0.05, 0.1) is 12.3 Å². The number of benzene rings is 2. The Kier molecular flexibility index (Phi) is 4.57. The zero-order valence-corrected chi connectivity index (χ0v) is 10.7. The van der Waals surface area contributed by atoms with E-state index in [1.54, 1.807) is 12.1 Å². The second kappa shape index (κ2) is 6.58. The molecule has 0 atom stereocenters. The first-order valence-electron chi connectivity index (χ1n) is 6.10. The molecular formula is C15H15NO4. The van der Waals surface area contributed by atoms with Crippen LogP contribution in [0.5, 0.6) is 5.75 Å². The normalized spacial score (nSPS) is 10.1. The Morgan fingerprint density at radius 1 is 1.10 bits per heavy atom. The summed E-state index contributed by atoms with van der Waals surface area (Å²) in [4.78, 5) is 11.7. The lowest BCUT2D eigenvalue weighted by molar-refractivity contribution is 0.155. The van der Waals surface area contributed by atoms with Gasteiger partial charge in [0.1, 0.15) is 12.4 Å². The lowest BCUT2D eigenvalue weighted by atomic mass is 10.2. The van der Waals surface area contributed by atoms with E-state index in [1.807, 2.05) is 30.3 Å². The summed E-state index contributed by atoms with van der Waals surface area (Å²) in [6.07, 6.45) is -0.690. The van der Waals surface area contributed by atoms with Crippen molar-refractivity contribution in [3.8, 4) is 5.75 Å². The number of hydrogen-bond acceptors (Lipinski definition) is 4. The van der Waals surface area contributed by atoms with E-state index >= 15 is 0 Å². The van der Waals surface area contributed by atoms with Crippen LogP contribution in [0.1, 0.15) is 11.1 Å². The van der Waals surface area contributed by atoms with Crippen molar-refractivity contribution in [3.63, 3.8) is 0 Å². The molecule has 0 radical (unpaired) electrons. The van der Waals surface area contributed by atoms with E-state index in [2.05, 4.69) is 5.32 Å². The molecule has 5 nitrogen and oxygen atoms in total. The summed E-state index contributed by atoms with van der Waals surface area (Å²) in [5.74, 6) is -0.117. The first kappa shape index (κ1) is 13.9.